The maximum absolute atomic E-state index is 11.5. The second-order valence-electron chi connectivity index (χ2n) is 6.89. The highest BCUT2D eigenvalue weighted by Gasteiger charge is 2.48. The van der Waals surface area contributed by atoms with Gasteiger partial charge in [0.25, 0.3) is 0 Å². The fourth-order valence-electron chi connectivity index (χ4n) is 4.56. The topological polar surface area (TPSA) is 36.4 Å². The minimum Gasteiger partial charge on any atom is -0.385 e. The molecule has 1 aliphatic heterocycles. The number of aromatic nitrogens is 1. The first-order chi connectivity index (χ1) is 11.3. The first-order valence-electron chi connectivity index (χ1n) is 8.68. The third-order valence-corrected chi connectivity index (χ3v) is 6.45. The molecule has 4 heteroatoms. The maximum Gasteiger partial charge on any atom is 0.107 e. The van der Waals surface area contributed by atoms with Crippen molar-refractivity contribution in [2.24, 2.45) is 5.92 Å². The zero-order valence-corrected chi connectivity index (χ0v) is 14.2. The average molecular weight is 328 g/mol. The van der Waals surface area contributed by atoms with Crippen molar-refractivity contribution in [1.82, 2.24) is 9.88 Å². The molecule has 2 aliphatic rings. The lowest BCUT2D eigenvalue weighted by Gasteiger charge is -2.52. The van der Waals surface area contributed by atoms with E-state index in [9.17, 15) is 5.11 Å². The van der Waals surface area contributed by atoms with Crippen LogP contribution in [0.3, 0.4) is 0 Å². The van der Waals surface area contributed by atoms with Gasteiger partial charge in [-0.2, -0.15) is 0 Å². The van der Waals surface area contributed by atoms with Gasteiger partial charge in [0.1, 0.15) is 5.01 Å². The second kappa shape index (κ2) is 6.34. The number of thiazole rings is 1. The molecular formula is C19H24N2OS. The smallest absolute Gasteiger partial charge is 0.107 e. The molecule has 3 nitrogen and oxygen atoms in total. The molecule has 0 amide bonds. The number of nitrogens with zero attached hydrogens (tertiary/aromatic N) is 2. The summed E-state index contributed by atoms with van der Waals surface area (Å²) >= 11 is 1.74. The lowest BCUT2D eigenvalue weighted by molar-refractivity contribution is -0.123. The summed E-state index contributed by atoms with van der Waals surface area (Å²) in [7, 11) is 0. The van der Waals surface area contributed by atoms with E-state index in [4.69, 9.17) is 0 Å². The Morgan fingerprint density at radius 3 is 2.83 bits per heavy atom. The Balaban J connectivity index is 1.61. The fraction of sp³-hybridized carbons (Fsp3) is 0.526. The molecule has 122 valence electrons. The monoisotopic (exact) mass is 328 g/mol. The largest absolute Gasteiger partial charge is 0.385 e. The second-order valence-corrected chi connectivity index (χ2v) is 7.87. The molecule has 0 unspecified atom stereocenters. The summed E-state index contributed by atoms with van der Waals surface area (Å²) in [5, 5.41) is 14.8. The summed E-state index contributed by atoms with van der Waals surface area (Å²) in [6, 6.07) is 10.8. The first-order valence-corrected chi connectivity index (χ1v) is 9.56. The predicted octanol–water partition coefficient (Wildman–Crippen LogP) is 3.80. The molecule has 0 bridgehead atoms. The van der Waals surface area contributed by atoms with Crippen LogP contribution in [0, 0.1) is 5.92 Å². The van der Waals surface area contributed by atoms with E-state index in [1.807, 2.05) is 24.4 Å². The lowest BCUT2D eigenvalue weighted by atomic mass is 9.66. The van der Waals surface area contributed by atoms with Gasteiger partial charge in [-0.25, -0.2) is 4.98 Å². The molecule has 1 aromatic heterocycles. The maximum atomic E-state index is 11.5. The Bertz CT molecular complexity index is 630. The highest BCUT2D eigenvalue weighted by atomic mass is 32.1. The number of aliphatic hydroxyl groups is 1. The molecule has 2 aromatic rings. The Hall–Kier alpha value is -1.23. The highest BCUT2D eigenvalue weighted by molar-refractivity contribution is 7.09. The molecule has 1 N–H and O–H groups in total. The first kappa shape index (κ1) is 15.3. The predicted molar refractivity (Wildman–Crippen MR) is 93.2 cm³/mol. The Kier molecular flexibility index (Phi) is 4.22. The SMILES string of the molecule is O[C@]1(c2ccccc2)CCN(Cc2nccs2)[C@H]2CCCC[C@H]21. The fourth-order valence-corrected chi connectivity index (χ4v) is 5.20. The summed E-state index contributed by atoms with van der Waals surface area (Å²) in [6.45, 7) is 1.88. The lowest BCUT2D eigenvalue weighted by Crippen LogP contribution is -2.57. The van der Waals surface area contributed by atoms with Crippen LogP contribution < -0.4 is 0 Å². The number of fused-ring (bicyclic) bond motifs is 1. The molecular weight excluding hydrogens is 304 g/mol. The summed E-state index contributed by atoms with van der Waals surface area (Å²) in [4.78, 5) is 7.03. The Morgan fingerprint density at radius 1 is 1.22 bits per heavy atom. The van der Waals surface area contributed by atoms with Gasteiger partial charge in [0, 0.05) is 30.1 Å². The third kappa shape index (κ3) is 2.84. The van der Waals surface area contributed by atoms with E-state index in [1.165, 1.54) is 24.3 Å². The standard InChI is InChI=1S/C19H24N2OS/c22-19(15-6-2-1-3-7-15)10-12-21(14-18-20-11-13-23-18)17-9-5-4-8-16(17)19/h1-3,6-7,11,13,16-17,22H,4-5,8-10,12,14H2/t16-,17+,19+/m1/s1. The van der Waals surface area contributed by atoms with Gasteiger partial charge in [-0.1, -0.05) is 43.2 Å². The molecule has 4 rings (SSSR count). The van der Waals surface area contributed by atoms with Crippen LogP contribution in [0.5, 0.6) is 0 Å². The van der Waals surface area contributed by atoms with Crippen LogP contribution in [0.25, 0.3) is 0 Å². The summed E-state index contributed by atoms with van der Waals surface area (Å²) in [5.41, 5.74) is 0.442. The van der Waals surface area contributed by atoms with Gasteiger partial charge in [0.2, 0.25) is 0 Å². The minimum atomic E-state index is -0.661. The molecule has 0 spiro atoms. The molecule has 3 atom stereocenters. The Labute approximate surface area is 142 Å². The van der Waals surface area contributed by atoms with Crippen LogP contribution in [0.1, 0.15) is 42.7 Å². The van der Waals surface area contributed by atoms with Crippen molar-refractivity contribution in [1.29, 1.82) is 0 Å². The number of piperidine rings is 1. The van der Waals surface area contributed by atoms with Crippen molar-refractivity contribution in [3.8, 4) is 0 Å². The summed E-state index contributed by atoms with van der Waals surface area (Å²) in [6.07, 6.45) is 7.56. The molecule has 1 aliphatic carbocycles. The van der Waals surface area contributed by atoms with Crippen LogP contribution >= 0.6 is 11.3 Å². The van der Waals surface area contributed by atoms with E-state index in [1.54, 1.807) is 11.3 Å². The van der Waals surface area contributed by atoms with Crippen LogP contribution in [0.2, 0.25) is 0 Å². The van der Waals surface area contributed by atoms with Crippen LogP contribution in [0.4, 0.5) is 0 Å². The normalized spacial score (nSPS) is 31.7. The van der Waals surface area contributed by atoms with Crippen LogP contribution in [-0.2, 0) is 12.1 Å². The molecule has 1 saturated carbocycles. The number of hydrogen-bond acceptors (Lipinski definition) is 4. The number of benzene rings is 1. The highest BCUT2D eigenvalue weighted by Crippen LogP contribution is 2.47. The van der Waals surface area contributed by atoms with Crippen molar-refractivity contribution in [2.45, 2.75) is 50.3 Å². The molecule has 1 saturated heterocycles. The van der Waals surface area contributed by atoms with Gasteiger partial charge >= 0.3 is 0 Å². The summed E-state index contributed by atoms with van der Waals surface area (Å²) < 4.78 is 0. The zero-order chi connectivity index (χ0) is 15.7. The van der Waals surface area contributed by atoms with Crippen LogP contribution in [-0.4, -0.2) is 27.6 Å². The van der Waals surface area contributed by atoms with Crippen molar-refractivity contribution >= 4 is 11.3 Å². The van der Waals surface area contributed by atoms with Crippen LogP contribution in [0.15, 0.2) is 41.9 Å². The van der Waals surface area contributed by atoms with Gasteiger partial charge in [0.05, 0.1) is 12.1 Å². The molecule has 2 heterocycles. The van der Waals surface area contributed by atoms with E-state index in [-0.39, 0.29) is 0 Å². The van der Waals surface area contributed by atoms with Gasteiger partial charge in [-0.05, 0) is 24.8 Å². The number of rotatable bonds is 3. The summed E-state index contributed by atoms with van der Waals surface area (Å²) in [5.74, 6) is 0.340. The Morgan fingerprint density at radius 2 is 2.04 bits per heavy atom. The minimum absolute atomic E-state index is 0.340. The van der Waals surface area contributed by atoms with E-state index in [0.29, 0.717) is 12.0 Å². The van der Waals surface area contributed by atoms with Crippen molar-refractivity contribution in [2.75, 3.05) is 6.54 Å². The quantitative estimate of drug-likeness (QED) is 0.931. The van der Waals surface area contributed by atoms with Gasteiger partial charge < -0.3 is 5.11 Å². The van der Waals surface area contributed by atoms with Gasteiger partial charge in [0.15, 0.2) is 0 Å². The molecule has 23 heavy (non-hydrogen) atoms. The molecule has 1 aromatic carbocycles. The third-order valence-electron chi connectivity index (χ3n) is 5.69. The number of likely N-dealkylation sites (tertiary alicyclic amines) is 1. The van der Waals surface area contributed by atoms with Crippen molar-refractivity contribution in [3.05, 3.63) is 52.5 Å². The van der Waals surface area contributed by atoms with E-state index in [0.717, 1.165) is 31.5 Å². The zero-order valence-electron chi connectivity index (χ0n) is 13.4. The molecule has 2 fully saturated rings. The average Bonchev–Trinajstić information content (AvgIpc) is 3.12. The molecule has 0 radical (unpaired) electrons. The van der Waals surface area contributed by atoms with Crippen molar-refractivity contribution in [3.63, 3.8) is 0 Å². The number of hydrogen-bond donors (Lipinski definition) is 1. The van der Waals surface area contributed by atoms with Gasteiger partial charge in [-0.3, -0.25) is 4.90 Å². The van der Waals surface area contributed by atoms with E-state index in [2.05, 4.69) is 27.4 Å². The van der Waals surface area contributed by atoms with Crippen molar-refractivity contribution < 1.29 is 5.11 Å². The van der Waals surface area contributed by atoms with E-state index >= 15 is 0 Å². The van der Waals surface area contributed by atoms with E-state index < -0.39 is 5.60 Å². The van der Waals surface area contributed by atoms with Gasteiger partial charge in [-0.15, -0.1) is 11.3 Å².